The number of hydrogen-bond donors (Lipinski definition) is 1. The Kier molecular flexibility index (Phi) is 6.43. The third kappa shape index (κ3) is 4.86. The normalized spacial score (nSPS) is 21.2. The van der Waals surface area contributed by atoms with E-state index in [1.165, 1.54) is 10.9 Å². The molecule has 2 fully saturated rings. The maximum atomic E-state index is 13.3. The number of ether oxygens (including phenoxy) is 1. The van der Waals surface area contributed by atoms with Gasteiger partial charge in [-0.25, -0.2) is 4.98 Å². The Hall–Kier alpha value is -3.28. The molecule has 5 heterocycles. The second kappa shape index (κ2) is 9.88. The summed E-state index contributed by atoms with van der Waals surface area (Å²) in [5, 5.41) is 12.8. The van der Waals surface area contributed by atoms with E-state index in [9.17, 15) is 4.79 Å². The van der Waals surface area contributed by atoms with Gasteiger partial charge in [-0.2, -0.15) is 14.6 Å². The number of aromatic nitrogens is 6. The molecule has 0 unspecified atom stereocenters. The van der Waals surface area contributed by atoms with Crippen LogP contribution in [0.15, 0.2) is 39.9 Å². The van der Waals surface area contributed by atoms with Gasteiger partial charge in [0.15, 0.2) is 11.3 Å². The van der Waals surface area contributed by atoms with Gasteiger partial charge >= 0.3 is 0 Å². The number of benzene rings is 1. The molecule has 2 aliphatic heterocycles. The van der Waals surface area contributed by atoms with E-state index in [0.29, 0.717) is 46.5 Å². The van der Waals surface area contributed by atoms with Gasteiger partial charge in [0.05, 0.1) is 18.4 Å². The number of likely N-dealkylation sites (tertiary alicyclic amines) is 1. The summed E-state index contributed by atoms with van der Waals surface area (Å²) in [6, 6.07) is 7.97. The molecule has 12 heteroatoms. The number of imidazole rings is 1. The number of hydrogen-bond acceptors (Lipinski definition) is 9. The van der Waals surface area contributed by atoms with E-state index in [4.69, 9.17) is 20.9 Å². The third-order valence-corrected chi connectivity index (χ3v) is 7.50. The first-order chi connectivity index (χ1) is 17.9. The number of nitrogens with one attached hydrogen (secondary N) is 1. The number of anilines is 1. The van der Waals surface area contributed by atoms with Crippen LogP contribution in [-0.2, 0) is 11.3 Å². The van der Waals surface area contributed by atoms with Crippen LogP contribution in [0.3, 0.4) is 0 Å². The molecule has 194 valence electrons. The van der Waals surface area contributed by atoms with E-state index >= 15 is 0 Å². The fraction of sp³-hybridized carbons (Fsp3) is 0.480. The lowest BCUT2D eigenvalue weighted by molar-refractivity contribution is 0.110. The van der Waals surface area contributed by atoms with Crippen LogP contribution in [0.4, 0.5) is 5.95 Å². The van der Waals surface area contributed by atoms with E-state index in [1.54, 1.807) is 4.52 Å². The number of fused-ring (bicyclic) bond motifs is 1. The molecule has 0 bridgehead atoms. The molecule has 2 atom stereocenters. The van der Waals surface area contributed by atoms with Gasteiger partial charge in [0.2, 0.25) is 11.8 Å². The zero-order chi connectivity index (χ0) is 25.5. The summed E-state index contributed by atoms with van der Waals surface area (Å²) in [7, 11) is 2.13. The molecule has 0 saturated carbocycles. The lowest BCUT2D eigenvalue weighted by Crippen LogP contribution is -2.37. The lowest BCUT2D eigenvalue weighted by atomic mass is 10.0. The highest BCUT2D eigenvalue weighted by molar-refractivity contribution is 6.30. The Balaban J connectivity index is 1.16. The van der Waals surface area contributed by atoms with Gasteiger partial charge in [0.25, 0.3) is 5.56 Å². The van der Waals surface area contributed by atoms with Gasteiger partial charge < -0.3 is 19.5 Å². The Morgan fingerprint density at radius 1 is 1.16 bits per heavy atom. The van der Waals surface area contributed by atoms with E-state index in [2.05, 4.69) is 37.5 Å². The Bertz CT molecular complexity index is 1460. The highest BCUT2D eigenvalue weighted by Gasteiger charge is 2.31. The summed E-state index contributed by atoms with van der Waals surface area (Å²) >= 11 is 6.00. The maximum absolute atomic E-state index is 13.3. The molecule has 0 radical (unpaired) electrons. The van der Waals surface area contributed by atoms with Crippen LogP contribution in [0.5, 0.6) is 0 Å². The van der Waals surface area contributed by atoms with Crippen molar-refractivity contribution in [2.24, 2.45) is 0 Å². The van der Waals surface area contributed by atoms with Crippen LogP contribution in [0, 0.1) is 6.92 Å². The van der Waals surface area contributed by atoms with Gasteiger partial charge in [-0.1, -0.05) is 28.9 Å². The van der Waals surface area contributed by atoms with Gasteiger partial charge in [-0.3, -0.25) is 9.36 Å². The topological polar surface area (TPSA) is 116 Å². The molecule has 0 aliphatic carbocycles. The number of rotatable bonds is 6. The molecule has 11 nitrogen and oxygen atoms in total. The Morgan fingerprint density at radius 2 is 1.95 bits per heavy atom. The van der Waals surface area contributed by atoms with Crippen LogP contribution in [0.1, 0.15) is 54.3 Å². The van der Waals surface area contributed by atoms with Crippen LogP contribution in [0.2, 0.25) is 5.02 Å². The number of aryl methyl sites for hydroxylation is 1. The van der Waals surface area contributed by atoms with Crippen molar-refractivity contribution in [2.75, 3.05) is 32.1 Å². The average molecular weight is 525 g/mol. The molecule has 37 heavy (non-hydrogen) atoms. The van der Waals surface area contributed by atoms with Crippen molar-refractivity contribution in [1.29, 1.82) is 0 Å². The molecule has 1 N–H and O–H groups in total. The molecule has 2 saturated heterocycles. The van der Waals surface area contributed by atoms with Crippen molar-refractivity contribution in [3.63, 3.8) is 0 Å². The average Bonchev–Trinajstić information content (AvgIpc) is 3.62. The molecule has 6 rings (SSSR count). The molecule has 4 aromatic rings. The number of piperidine rings is 1. The largest absolute Gasteiger partial charge is 0.373 e. The predicted octanol–water partition coefficient (Wildman–Crippen LogP) is 3.04. The van der Waals surface area contributed by atoms with Crippen LogP contribution in [0.25, 0.3) is 5.52 Å². The van der Waals surface area contributed by atoms with Crippen LogP contribution >= 0.6 is 11.6 Å². The van der Waals surface area contributed by atoms with E-state index < -0.39 is 0 Å². The van der Waals surface area contributed by atoms with E-state index in [-0.39, 0.29) is 24.1 Å². The Morgan fingerprint density at radius 3 is 2.73 bits per heavy atom. The molecule has 0 spiro atoms. The van der Waals surface area contributed by atoms with Crippen molar-refractivity contribution in [3.05, 3.63) is 68.9 Å². The van der Waals surface area contributed by atoms with Gasteiger partial charge in [-0.15, -0.1) is 0 Å². The molecule has 0 amide bonds. The molecular formula is C25H29ClN8O3. The first-order valence-electron chi connectivity index (χ1n) is 12.5. The summed E-state index contributed by atoms with van der Waals surface area (Å²) in [5.74, 6) is 1.54. The summed E-state index contributed by atoms with van der Waals surface area (Å²) in [6.07, 6.45) is 4.24. The minimum absolute atomic E-state index is 0.0146. The van der Waals surface area contributed by atoms with Crippen LogP contribution in [-0.4, -0.2) is 67.0 Å². The summed E-state index contributed by atoms with van der Waals surface area (Å²) < 4.78 is 14.5. The Labute approximate surface area is 218 Å². The van der Waals surface area contributed by atoms with Crippen molar-refractivity contribution < 1.29 is 9.26 Å². The first kappa shape index (κ1) is 24.1. The monoisotopic (exact) mass is 524 g/mol. The summed E-state index contributed by atoms with van der Waals surface area (Å²) in [4.78, 5) is 24.8. The van der Waals surface area contributed by atoms with Gasteiger partial charge in [0.1, 0.15) is 12.9 Å². The smallest absolute Gasteiger partial charge is 0.280 e. The van der Waals surface area contributed by atoms with Crippen molar-refractivity contribution in [3.8, 4) is 0 Å². The SMILES string of the molecule is Cc1nc(NC2CCN(C)CC2)n2ncn(Cc3nc([C@@H]4CO[C@@H](c5ccc(Cl)cc5)C4)no3)c(=O)c12. The number of halogens is 1. The molecule has 3 aromatic heterocycles. The second-order valence-corrected chi connectivity index (χ2v) is 10.4. The van der Waals surface area contributed by atoms with E-state index in [1.807, 2.05) is 31.2 Å². The zero-order valence-corrected chi connectivity index (χ0v) is 21.6. The first-order valence-corrected chi connectivity index (χ1v) is 12.9. The van der Waals surface area contributed by atoms with Gasteiger partial charge in [0, 0.05) is 17.0 Å². The van der Waals surface area contributed by atoms with E-state index in [0.717, 1.165) is 37.9 Å². The fourth-order valence-electron chi connectivity index (χ4n) is 5.08. The fourth-order valence-corrected chi connectivity index (χ4v) is 5.21. The standard InChI is InChI=1S/C25H29ClN8O3/c1-15-22-24(35)33(14-27-34(22)25(28-15)29-19-7-9-32(2)10-8-19)12-21-30-23(31-37-21)17-11-20(36-13-17)16-3-5-18(26)6-4-16/h3-6,14,17,19-20H,7-13H2,1-2H3,(H,28,29)/t17-,20+/m0/s1. The number of nitrogens with zero attached hydrogens (tertiary/aromatic N) is 7. The molecule has 1 aromatic carbocycles. The highest BCUT2D eigenvalue weighted by atomic mass is 35.5. The van der Waals surface area contributed by atoms with Crippen LogP contribution < -0.4 is 10.9 Å². The summed E-state index contributed by atoms with van der Waals surface area (Å²) in [5.41, 5.74) is 1.93. The minimum Gasteiger partial charge on any atom is -0.373 e. The highest BCUT2D eigenvalue weighted by Crippen LogP contribution is 2.37. The minimum atomic E-state index is -0.205. The zero-order valence-electron chi connectivity index (χ0n) is 20.8. The van der Waals surface area contributed by atoms with Crippen molar-refractivity contribution in [1.82, 2.24) is 34.2 Å². The maximum Gasteiger partial charge on any atom is 0.280 e. The molecular weight excluding hydrogens is 496 g/mol. The van der Waals surface area contributed by atoms with Crippen molar-refractivity contribution >= 4 is 23.1 Å². The van der Waals surface area contributed by atoms with Gasteiger partial charge in [-0.05, 0) is 64.0 Å². The quantitative estimate of drug-likeness (QED) is 0.406. The lowest BCUT2D eigenvalue weighted by Gasteiger charge is -2.29. The van der Waals surface area contributed by atoms with Crippen molar-refractivity contribution in [2.45, 2.75) is 50.8 Å². The molecule has 2 aliphatic rings. The third-order valence-electron chi connectivity index (χ3n) is 7.24. The second-order valence-electron chi connectivity index (χ2n) is 9.92. The predicted molar refractivity (Wildman–Crippen MR) is 137 cm³/mol. The summed E-state index contributed by atoms with van der Waals surface area (Å²) in [6.45, 7) is 4.51.